The Labute approximate surface area is 143 Å². The highest BCUT2D eigenvalue weighted by Crippen LogP contribution is 2.24. The van der Waals surface area contributed by atoms with E-state index in [1.165, 1.54) is 5.56 Å². The van der Waals surface area contributed by atoms with Gasteiger partial charge in [0.1, 0.15) is 11.9 Å². The number of aryl methyl sites for hydroxylation is 1. The van der Waals surface area contributed by atoms with Gasteiger partial charge in [0, 0.05) is 19.5 Å². The van der Waals surface area contributed by atoms with Crippen LogP contribution in [0.25, 0.3) is 0 Å². The van der Waals surface area contributed by atoms with Crippen molar-refractivity contribution < 1.29 is 14.3 Å². The Morgan fingerprint density at radius 1 is 1.21 bits per heavy atom. The maximum Gasteiger partial charge on any atom is 0.227 e. The molecule has 0 radical (unpaired) electrons. The van der Waals surface area contributed by atoms with E-state index >= 15 is 0 Å². The predicted molar refractivity (Wildman–Crippen MR) is 91.8 cm³/mol. The summed E-state index contributed by atoms with van der Waals surface area (Å²) in [5.74, 6) is 1.14. The Morgan fingerprint density at radius 3 is 2.71 bits per heavy atom. The molecule has 5 nitrogen and oxygen atoms in total. The van der Waals surface area contributed by atoms with Crippen molar-refractivity contribution in [3.05, 3.63) is 29.8 Å². The number of benzene rings is 1. The minimum absolute atomic E-state index is 0.0471. The number of hydrogen-bond donors (Lipinski definition) is 0. The fourth-order valence-electron chi connectivity index (χ4n) is 3.46. The van der Waals surface area contributed by atoms with E-state index in [1.807, 2.05) is 47.9 Å². The van der Waals surface area contributed by atoms with Crippen molar-refractivity contribution in [2.24, 2.45) is 5.92 Å². The Balaban J connectivity index is 1.48. The average molecular weight is 330 g/mol. The fraction of sp³-hybridized carbons (Fsp3) is 0.579. The molecule has 2 aliphatic heterocycles. The molecule has 1 atom stereocenters. The van der Waals surface area contributed by atoms with Gasteiger partial charge in [-0.25, -0.2) is 0 Å². The van der Waals surface area contributed by atoms with Gasteiger partial charge in [-0.15, -0.1) is 0 Å². The van der Waals surface area contributed by atoms with E-state index in [0.717, 1.165) is 25.1 Å². The molecule has 0 aromatic heterocycles. The van der Waals surface area contributed by atoms with Crippen molar-refractivity contribution in [3.63, 3.8) is 0 Å². The Bertz CT molecular complexity index is 610. The van der Waals surface area contributed by atoms with Crippen LogP contribution in [0.3, 0.4) is 0 Å². The van der Waals surface area contributed by atoms with Crippen LogP contribution in [0, 0.1) is 12.8 Å². The standard InChI is InChI=1S/C19H26N2O3/c1-3-18(22)20-9-5-7-15(11-20)19(23)21-12-17(13-21)24-16-8-4-6-14(2)10-16/h4,6,8,10,15,17H,3,5,7,9,11-13H2,1-2H3/t15-/m0/s1. The number of piperidine rings is 1. The van der Waals surface area contributed by atoms with Gasteiger partial charge in [-0.3, -0.25) is 9.59 Å². The lowest BCUT2D eigenvalue weighted by molar-refractivity contribution is -0.148. The number of carbonyl (C=O) groups excluding carboxylic acids is 2. The zero-order valence-corrected chi connectivity index (χ0v) is 14.5. The summed E-state index contributed by atoms with van der Waals surface area (Å²) in [6, 6.07) is 7.98. The van der Waals surface area contributed by atoms with Crippen LogP contribution in [0.1, 0.15) is 31.7 Å². The quantitative estimate of drug-likeness (QED) is 0.851. The molecule has 0 N–H and O–H groups in total. The molecule has 24 heavy (non-hydrogen) atoms. The molecule has 2 aliphatic rings. The zero-order valence-electron chi connectivity index (χ0n) is 14.5. The van der Waals surface area contributed by atoms with Gasteiger partial charge in [-0.05, 0) is 37.5 Å². The first-order valence-electron chi connectivity index (χ1n) is 8.86. The lowest BCUT2D eigenvalue weighted by atomic mass is 9.94. The van der Waals surface area contributed by atoms with Gasteiger partial charge < -0.3 is 14.5 Å². The molecule has 0 spiro atoms. The number of likely N-dealkylation sites (tertiary alicyclic amines) is 2. The summed E-state index contributed by atoms with van der Waals surface area (Å²) >= 11 is 0. The highest BCUT2D eigenvalue weighted by molar-refractivity contribution is 5.82. The molecule has 2 fully saturated rings. The molecular weight excluding hydrogens is 304 g/mol. The number of amides is 2. The molecule has 2 heterocycles. The van der Waals surface area contributed by atoms with Gasteiger partial charge >= 0.3 is 0 Å². The van der Waals surface area contributed by atoms with E-state index in [4.69, 9.17) is 4.74 Å². The molecular formula is C19H26N2O3. The second-order valence-corrected chi connectivity index (χ2v) is 6.83. The van der Waals surface area contributed by atoms with Gasteiger partial charge in [0.15, 0.2) is 0 Å². The first-order chi connectivity index (χ1) is 11.6. The summed E-state index contributed by atoms with van der Waals surface area (Å²) in [6.45, 7) is 6.56. The number of ether oxygens (including phenoxy) is 1. The van der Waals surface area contributed by atoms with E-state index in [9.17, 15) is 9.59 Å². The Kier molecular flexibility index (Phi) is 5.07. The lowest BCUT2D eigenvalue weighted by Crippen LogP contribution is -2.59. The van der Waals surface area contributed by atoms with Crippen molar-refractivity contribution >= 4 is 11.8 Å². The van der Waals surface area contributed by atoms with E-state index in [1.54, 1.807) is 0 Å². The monoisotopic (exact) mass is 330 g/mol. The topological polar surface area (TPSA) is 49.9 Å². The molecule has 3 rings (SSSR count). The Hall–Kier alpha value is -2.04. The van der Waals surface area contributed by atoms with Crippen molar-refractivity contribution in [1.29, 1.82) is 0 Å². The molecule has 0 saturated carbocycles. The molecule has 1 aromatic rings. The van der Waals surface area contributed by atoms with Crippen molar-refractivity contribution in [3.8, 4) is 5.75 Å². The molecule has 130 valence electrons. The largest absolute Gasteiger partial charge is 0.487 e. The van der Waals surface area contributed by atoms with Crippen molar-refractivity contribution in [1.82, 2.24) is 9.80 Å². The van der Waals surface area contributed by atoms with Gasteiger partial charge in [0.05, 0.1) is 19.0 Å². The summed E-state index contributed by atoms with van der Waals surface area (Å²) in [6.07, 6.45) is 2.38. The van der Waals surface area contributed by atoms with E-state index < -0.39 is 0 Å². The average Bonchev–Trinajstić information content (AvgIpc) is 2.56. The normalized spacial score (nSPS) is 21.3. The van der Waals surface area contributed by atoms with Crippen LogP contribution in [-0.4, -0.2) is 53.9 Å². The number of carbonyl (C=O) groups is 2. The van der Waals surface area contributed by atoms with Crippen molar-refractivity contribution in [2.75, 3.05) is 26.2 Å². The smallest absolute Gasteiger partial charge is 0.227 e. The highest BCUT2D eigenvalue weighted by atomic mass is 16.5. The minimum atomic E-state index is -0.0471. The summed E-state index contributed by atoms with van der Waals surface area (Å²) in [5.41, 5.74) is 1.17. The molecule has 2 saturated heterocycles. The van der Waals surface area contributed by atoms with Crippen LogP contribution in [0.4, 0.5) is 0 Å². The molecule has 2 amide bonds. The molecule has 5 heteroatoms. The van der Waals surface area contributed by atoms with Crippen LogP contribution >= 0.6 is 0 Å². The zero-order chi connectivity index (χ0) is 17.1. The molecule has 1 aromatic carbocycles. The maximum atomic E-state index is 12.6. The third-order valence-electron chi connectivity index (χ3n) is 4.88. The third kappa shape index (κ3) is 3.71. The summed E-state index contributed by atoms with van der Waals surface area (Å²) in [7, 11) is 0. The first kappa shape index (κ1) is 16.8. The van der Waals surface area contributed by atoms with Gasteiger partial charge in [-0.1, -0.05) is 19.1 Å². The lowest BCUT2D eigenvalue weighted by Gasteiger charge is -2.42. The fourth-order valence-corrected chi connectivity index (χ4v) is 3.46. The maximum absolute atomic E-state index is 12.6. The van der Waals surface area contributed by atoms with E-state index in [2.05, 4.69) is 0 Å². The number of hydrogen-bond acceptors (Lipinski definition) is 3. The van der Waals surface area contributed by atoms with Crippen LogP contribution < -0.4 is 4.74 Å². The van der Waals surface area contributed by atoms with Gasteiger partial charge in [0.2, 0.25) is 11.8 Å². The molecule has 0 bridgehead atoms. The van der Waals surface area contributed by atoms with E-state index in [0.29, 0.717) is 26.1 Å². The minimum Gasteiger partial charge on any atom is -0.487 e. The summed E-state index contributed by atoms with van der Waals surface area (Å²) < 4.78 is 5.92. The second-order valence-electron chi connectivity index (χ2n) is 6.83. The summed E-state index contributed by atoms with van der Waals surface area (Å²) in [5, 5.41) is 0. The predicted octanol–water partition coefficient (Wildman–Crippen LogP) is 2.23. The Morgan fingerprint density at radius 2 is 2.00 bits per heavy atom. The van der Waals surface area contributed by atoms with Crippen LogP contribution in [0.2, 0.25) is 0 Å². The molecule has 0 unspecified atom stereocenters. The summed E-state index contributed by atoms with van der Waals surface area (Å²) in [4.78, 5) is 28.2. The van der Waals surface area contributed by atoms with Crippen molar-refractivity contribution in [2.45, 2.75) is 39.2 Å². The highest BCUT2D eigenvalue weighted by Gasteiger charge is 2.37. The van der Waals surface area contributed by atoms with Crippen LogP contribution in [0.15, 0.2) is 24.3 Å². The SMILES string of the molecule is CCC(=O)N1CCC[C@H](C(=O)N2CC(Oc3cccc(C)c3)C2)C1. The van der Waals surface area contributed by atoms with Crippen LogP contribution in [-0.2, 0) is 9.59 Å². The second kappa shape index (κ2) is 7.24. The van der Waals surface area contributed by atoms with Gasteiger partial charge in [0.25, 0.3) is 0 Å². The number of nitrogens with zero attached hydrogens (tertiary/aromatic N) is 2. The first-order valence-corrected chi connectivity index (χ1v) is 8.86. The number of rotatable bonds is 4. The van der Waals surface area contributed by atoms with Crippen LogP contribution in [0.5, 0.6) is 5.75 Å². The van der Waals surface area contributed by atoms with Gasteiger partial charge in [-0.2, -0.15) is 0 Å². The van der Waals surface area contributed by atoms with E-state index in [-0.39, 0.29) is 23.8 Å². The third-order valence-corrected chi connectivity index (χ3v) is 4.88. The molecule has 0 aliphatic carbocycles.